The van der Waals surface area contributed by atoms with Crippen LogP contribution >= 0.6 is 11.6 Å². The second-order valence-electron chi connectivity index (χ2n) is 6.84. The molecule has 2 aromatic heterocycles. The molecule has 2 heterocycles. The summed E-state index contributed by atoms with van der Waals surface area (Å²) in [6.45, 7) is 6.86. The maximum absolute atomic E-state index is 12.8. The van der Waals surface area contributed by atoms with Crippen LogP contribution in [0, 0.1) is 12.8 Å². The van der Waals surface area contributed by atoms with Crippen molar-refractivity contribution in [1.29, 1.82) is 0 Å². The molecular weight excluding hydrogens is 336 g/mol. The highest BCUT2D eigenvalue weighted by Crippen LogP contribution is 2.35. The topological polar surface area (TPSA) is 44.1 Å². The first kappa shape index (κ1) is 17.7. The molecule has 25 heavy (non-hydrogen) atoms. The van der Waals surface area contributed by atoms with Crippen LogP contribution in [0.1, 0.15) is 32.4 Å². The maximum atomic E-state index is 12.8. The molecule has 0 unspecified atom stereocenters. The first-order valence-corrected chi connectivity index (χ1v) is 8.99. The molecule has 0 saturated carbocycles. The summed E-state index contributed by atoms with van der Waals surface area (Å²) in [5.41, 5.74) is 1.34. The average molecular weight is 359 g/mol. The van der Waals surface area contributed by atoms with E-state index in [4.69, 9.17) is 16.3 Å². The Labute approximate surface area is 152 Å². The number of hydrogen-bond donors (Lipinski definition) is 0. The molecule has 0 aliphatic carbocycles. The molecule has 0 aliphatic rings. The molecule has 3 aromatic rings. The van der Waals surface area contributed by atoms with Crippen LogP contribution in [0.15, 0.2) is 29.2 Å². The number of aryl methyl sites for hydroxylation is 2. The zero-order valence-electron chi connectivity index (χ0n) is 15.1. The van der Waals surface area contributed by atoms with Gasteiger partial charge in [0.1, 0.15) is 10.8 Å². The summed E-state index contributed by atoms with van der Waals surface area (Å²) in [4.78, 5) is 17.0. The minimum absolute atomic E-state index is 0.0908. The van der Waals surface area contributed by atoms with Crippen molar-refractivity contribution in [2.45, 2.75) is 33.6 Å². The van der Waals surface area contributed by atoms with Crippen LogP contribution in [0.3, 0.4) is 0 Å². The van der Waals surface area contributed by atoms with Gasteiger partial charge < -0.3 is 9.30 Å². The van der Waals surface area contributed by atoms with Gasteiger partial charge in [-0.25, -0.2) is 0 Å². The monoisotopic (exact) mass is 358 g/mol. The molecule has 0 spiro atoms. The number of pyridine rings is 2. The zero-order valence-corrected chi connectivity index (χ0v) is 15.9. The molecule has 3 rings (SSSR count). The van der Waals surface area contributed by atoms with Gasteiger partial charge in [0.15, 0.2) is 0 Å². The van der Waals surface area contributed by atoms with E-state index in [-0.39, 0.29) is 5.56 Å². The van der Waals surface area contributed by atoms with E-state index in [2.05, 4.69) is 18.8 Å². The number of rotatable bonds is 5. The molecule has 0 amide bonds. The highest BCUT2D eigenvalue weighted by atomic mass is 35.5. The Bertz CT molecular complexity index is 993. The fraction of sp³-hybridized carbons (Fsp3) is 0.400. The fourth-order valence-electron chi connectivity index (χ4n) is 3.21. The molecule has 0 bridgehead atoms. The van der Waals surface area contributed by atoms with Gasteiger partial charge in [0, 0.05) is 18.6 Å². The highest BCUT2D eigenvalue weighted by molar-refractivity contribution is 6.37. The van der Waals surface area contributed by atoms with Crippen LogP contribution in [0.25, 0.3) is 21.7 Å². The molecule has 0 radical (unpaired) electrons. The van der Waals surface area contributed by atoms with E-state index in [0.717, 1.165) is 29.3 Å². The Morgan fingerprint density at radius 3 is 2.72 bits per heavy atom. The fourth-order valence-corrected chi connectivity index (χ4v) is 3.55. The van der Waals surface area contributed by atoms with E-state index in [1.54, 1.807) is 17.8 Å². The second-order valence-corrected chi connectivity index (χ2v) is 7.22. The number of aromatic nitrogens is 2. The van der Waals surface area contributed by atoms with Gasteiger partial charge in [-0.2, -0.15) is 0 Å². The average Bonchev–Trinajstić information content (AvgIpc) is 2.57. The van der Waals surface area contributed by atoms with Gasteiger partial charge in [0.25, 0.3) is 5.56 Å². The molecular formula is C20H23ClN2O2. The van der Waals surface area contributed by atoms with Crippen molar-refractivity contribution >= 4 is 33.3 Å². The Hall–Kier alpha value is -2.07. The number of halogens is 1. The van der Waals surface area contributed by atoms with Crippen molar-refractivity contribution in [3.05, 3.63) is 45.5 Å². The van der Waals surface area contributed by atoms with Crippen molar-refractivity contribution in [2.24, 2.45) is 13.0 Å². The minimum atomic E-state index is -0.0908. The summed E-state index contributed by atoms with van der Waals surface area (Å²) in [5, 5.41) is 2.93. The highest BCUT2D eigenvalue weighted by Gasteiger charge is 2.16. The number of ether oxygens (including phenoxy) is 1. The quantitative estimate of drug-likeness (QED) is 0.483. The normalized spacial score (nSPS) is 11.6. The Morgan fingerprint density at radius 1 is 1.24 bits per heavy atom. The first-order valence-electron chi connectivity index (χ1n) is 8.61. The van der Waals surface area contributed by atoms with Crippen LogP contribution in [-0.4, -0.2) is 16.2 Å². The third kappa shape index (κ3) is 3.23. The second kappa shape index (κ2) is 7.04. The van der Waals surface area contributed by atoms with Crippen LogP contribution in [-0.2, 0) is 7.05 Å². The lowest BCUT2D eigenvalue weighted by atomic mass is 10.1. The van der Waals surface area contributed by atoms with Crippen molar-refractivity contribution in [2.75, 3.05) is 6.61 Å². The van der Waals surface area contributed by atoms with Gasteiger partial charge in [-0.15, -0.1) is 0 Å². The van der Waals surface area contributed by atoms with Gasteiger partial charge in [-0.05, 0) is 49.3 Å². The maximum Gasteiger partial charge on any atom is 0.260 e. The summed E-state index contributed by atoms with van der Waals surface area (Å²) in [5.74, 6) is 1.28. The predicted molar refractivity (Wildman–Crippen MR) is 104 cm³/mol. The van der Waals surface area contributed by atoms with Crippen molar-refractivity contribution < 1.29 is 4.74 Å². The van der Waals surface area contributed by atoms with Gasteiger partial charge in [0.2, 0.25) is 0 Å². The molecule has 0 atom stereocenters. The number of benzene rings is 1. The Kier molecular flexibility index (Phi) is 5.00. The predicted octanol–water partition coefficient (Wildman–Crippen LogP) is 4.86. The largest absolute Gasteiger partial charge is 0.492 e. The summed E-state index contributed by atoms with van der Waals surface area (Å²) in [6, 6.07) is 5.73. The van der Waals surface area contributed by atoms with Crippen molar-refractivity contribution in [1.82, 2.24) is 9.55 Å². The van der Waals surface area contributed by atoms with Crippen LogP contribution in [0.4, 0.5) is 0 Å². The van der Waals surface area contributed by atoms with E-state index in [1.165, 1.54) is 0 Å². The number of hydrogen-bond acceptors (Lipinski definition) is 3. The lowest BCUT2D eigenvalue weighted by molar-refractivity contribution is 0.298. The van der Waals surface area contributed by atoms with Gasteiger partial charge >= 0.3 is 0 Å². The Morgan fingerprint density at radius 2 is 2.00 bits per heavy atom. The number of nitrogens with zero attached hydrogens (tertiary/aromatic N) is 2. The Balaban J connectivity index is 2.11. The third-order valence-electron chi connectivity index (χ3n) is 4.55. The van der Waals surface area contributed by atoms with Gasteiger partial charge in [0.05, 0.1) is 23.2 Å². The molecule has 4 nitrogen and oxygen atoms in total. The van der Waals surface area contributed by atoms with Crippen LogP contribution in [0.5, 0.6) is 5.75 Å². The third-order valence-corrected chi connectivity index (χ3v) is 4.91. The van der Waals surface area contributed by atoms with Gasteiger partial charge in [-0.3, -0.25) is 9.78 Å². The van der Waals surface area contributed by atoms with Crippen LogP contribution in [0.2, 0.25) is 5.02 Å². The van der Waals surface area contributed by atoms with E-state index >= 15 is 0 Å². The summed E-state index contributed by atoms with van der Waals surface area (Å²) in [7, 11) is 1.74. The van der Waals surface area contributed by atoms with E-state index in [9.17, 15) is 4.79 Å². The van der Waals surface area contributed by atoms with Crippen LogP contribution < -0.4 is 10.3 Å². The number of fused-ring (bicyclic) bond motifs is 3. The molecule has 132 valence electrons. The molecule has 0 saturated heterocycles. The summed E-state index contributed by atoms with van der Waals surface area (Å²) >= 11 is 6.60. The lowest BCUT2D eigenvalue weighted by Gasteiger charge is -2.15. The first-order chi connectivity index (χ1) is 11.9. The zero-order chi connectivity index (χ0) is 18.1. The lowest BCUT2D eigenvalue weighted by Crippen LogP contribution is -2.19. The van der Waals surface area contributed by atoms with E-state index in [0.29, 0.717) is 34.2 Å². The summed E-state index contributed by atoms with van der Waals surface area (Å²) < 4.78 is 7.46. The smallest absolute Gasteiger partial charge is 0.260 e. The molecule has 0 fully saturated rings. The van der Waals surface area contributed by atoms with Crippen molar-refractivity contribution in [3.63, 3.8) is 0 Å². The molecule has 5 heteroatoms. The summed E-state index contributed by atoms with van der Waals surface area (Å²) in [6.07, 6.45) is 3.81. The minimum Gasteiger partial charge on any atom is -0.492 e. The van der Waals surface area contributed by atoms with E-state index < -0.39 is 0 Å². The molecule has 0 aliphatic heterocycles. The standard InChI is InChI=1S/C20H23ClN2O2/c1-12(2)6-5-11-25-16-8-7-15-14-9-10-22-13(3)17(14)20(24)23(4)19(15)18(16)21/h7-10,12H,5-6,11H2,1-4H3. The van der Waals surface area contributed by atoms with Gasteiger partial charge in [-0.1, -0.05) is 25.4 Å². The molecule has 1 aromatic carbocycles. The molecule has 0 N–H and O–H groups in total. The van der Waals surface area contributed by atoms with Crippen molar-refractivity contribution in [3.8, 4) is 5.75 Å². The van der Waals surface area contributed by atoms with E-state index in [1.807, 2.05) is 25.1 Å². The SMILES string of the molecule is Cc1nccc2c1c(=O)n(C)c1c(Cl)c(OCCCC(C)C)ccc21.